The van der Waals surface area contributed by atoms with Gasteiger partial charge in [0.2, 0.25) is 11.8 Å². The normalized spacial score (nSPS) is 14.1. The second-order valence-corrected chi connectivity index (χ2v) is 8.64. The van der Waals surface area contributed by atoms with Crippen LogP contribution in [0.2, 0.25) is 0 Å². The lowest BCUT2D eigenvalue weighted by atomic mass is 9.95. The molecule has 0 unspecified atom stereocenters. The molecular weight excluding hydrogens is 430 g/mol. The largest absolute Gasteiger partial charge is 0.369 e. The summed E-state index contributed by atoms with van der Waals surface area (Å²) < 4.78 is 1.84. The highest BCUT2D eigenvalue weighted by Gasteiger charge is 2.28. The number of benzene rings is 2. The summed E-state index contributed by atoms with van der Waals surface area (Å²) >= 11 is 0. The smallest absolute Gasteiger partial charge is 0.255 e. The molecule has 2 heterocycles. The van der Waals surface area contributed by atoms with Crippen molar-refractivity contribution in [2.45, 2.75) is 33.1 Å². The van der Waals surface area contributed by atoms with Crippen LogP contribution in [0, 0.1) is 19.8 Å². The zero-order valence-corrected chi connectivity index (χ0v) is 19.5. The molecule has 8 nitrogen and oxygen atoms in total. The molecule has 4 rings (SSSR count). The predicted molar refractivity (Wildman–Crippen MR) is 130 cm³/mol. The molecule has 176 valence electrons. The van der Waals surface area contributed by atoms with Gasteiger partial charge in [-0.1, -0.05) is 30.3 Å². The van der Waals surface area contributed by atoms with Crippen LogP contribution in [-0.4, -0.2) is 45.5 Å². The molecule has 0 radical (unpaired) electrons. The molecule has 0 saturated carbocycles. The third kappa shape index (κ3) is 4.85. The first-order valence-corrected chi connectivity index (χ1v) is 11.4. The summed E-state index contributed by atoms with van der Waals surface area (Å²) in [6, 6.07) is 16.8. The van der Waals surface area contributed by atoms with Crippen molar-refractivity contribution in [1.29, 1.82) is 0 Å². The molecule has 0 spiro atoms. The van der Waals surface area contributed by atoms with E-state index in [-0.39, 0.29) is 30.1 Å². The molecular formula is C26H29N5O3. The van der Waals surface area contributed by atoms with E-state index in [4.69, 9.17) is 5.73 Å². The number of para-hydroxylation sites is 2. The number of amides is 3. The molecule has 3 amide bonds. The Morgan fingerprint density at radius 2 is 1.65 bits per heavy atom. The minimum absolute atomic E-state index is 0.150. The number of carbonyl (C=O) groups excluding carboxylic acids is 3. The highest BCUT2D eigenvalue weighted by molar-refractivity contribution is 6.04. The van der Waals surface area contributed by atoms with E-state index >= 15 is 0 Å². The van der Waals surface area contributed by atoms with Gasteiger partial charge < -0.3 is 16.0 Å². The average Bonchev–Trinajstić information content (AvgIpc) is 3.13. The minimum atomic E-state index is -0.319. The van der Waals surface area contributed by atoms with E-state index < -0.39 is 0 Å². The fourth-order valence-electron chi connectivity index (χ4n) is 4.42. The standard InChI is InChI=1S/C26H29N5O3/c1-17-22(18(2)31(29-17)20-8-4-3-5-9-20)16-24(32)28-23-11-7-6-10-21(23)26(34)30-14-12-19(13-15-30)25(27)33/h3-11,19H,12-16H2,1-2H3,(H2,27,33)(H,28,32). The number of rotatable bonds is 6. The monoisotopic (exact) mass is 459 g/mol. The summed E-state index contributed by atoms with van der Waals surface area (Å²) in [4.78, 5) is 39.3. The average molecular weight is 460 g/mol. The Balaban J connectivity index is 1.47. The zero-order valence-electron chi connectivity index (χ0n) is 19.5. The first kappa shape index (κ1) is 23.2. The van der Waals surface area contributed by atoms with Crippen molar-refractivity contribution in [2.24, 2.45) is 11.7 Å². The SMILES string of the molecule is Cc1nn(-c2ccccc2)c(C)c1CC(=O)Nc1ccccc1C(=O)N1CCC(C(N)=O)CC1. The topological polar surface area (TPSA) is 110 Å². The number of hydrogen-bond acceptors (Lipinski definition) is 4. The molecule has 3 N–H and O–H groups in total. The minimum Gasteiger partial charge on any atom is -0.369 e. The van der Waals surface area contributed by atoms with Crippen LogP contribution < -0.4 is 11.1 Å². The van der Waals surface area contributed by atoms with Gasteiger partial charge in [0.1, 0.15) is 0 Å². The Hall–Kier alpha value is -3.94. The highest BCUT2D eigenvalue weighted by atomic mass is 16.2. The molecule has 0 aliphatic carbocycles. The maximum absolute atomic E-state index is 13.2. The molecule has 2 aromatic carbocycles. The number of piperidine rings is 1. The van der Waals surface area contributed by atoms with Crippen LogP contribution in [0.3, 0.4) is 0 Å². The third-order valence-electron chi connectivity index (χ3n) is 6.40. The number of carbonyl (C=O) groups is 3. The van der Waals surface area contributed by atoms with Gasteiger partial charge in [0, 0.05) is 30.3 Å². The maximum Gasteiger partial charge on any atom is 0.255 e. The quantitative estimate of drug-likeness (QED) is 0.590. The van der Waals surface area contributed by atoms with Crippen LogP contribution in [0.1, 0.15) is 40.2 Å². The molecule has 0 atom stereocenters. The van der Waals surface area contributed by atoms with Gasteiger partial charge in [-0.2, -0.15) is 5.10 Å². The van der Waals surface area contributed by atoms with Crippen molar-refractivity contribution in [3.63, 3.8) is 0 Å². The van der Waals surface area contributed by atoms with Crippen molar-refractivity contribution < 1.29 is 14.4 Å². The second-order valence-electron chi connectivity index (χ2n) is 8.64. The lowest BCUT2D eigenvalue weighted by molar-refractivity contribution is -0.123. The van der Waals surface area contributed by atoms with E-state index in [1.807, 2.05) is 48.9 Å². The van der Waals surface area contributed by atoms with Crippen molar-refractivity contribution in [2.75, 3.05) is 18.4 Å². The van der Waals surface area contributed by atoms with Crippen LogP contribution in [0.5, 0.6) is 0 Å². The summed E-state index contributed by atoms with van der Waals surface area (Å²) in [6.07, 6.45) is 1.26. The number of aromatic nitrogens is 2. The third-order valence-corrected chi connectivity index (χ3v) is 6.40. The fourth-order valence-corrected chi connectivity index (χ4v) is 4.42. The molecule has 1 saturated heterocycles. The maximum atomic E-state index is 13.2. The van der Waals surface area contributed by atoms with Crippen LogP contribution in [0.25, 0.3) is 5.69 Å². The van der Waals surface area contributed by atoms with E-state index in [1.54, 1.807) is 29.2 Å². The summed E-state index contributed by atoms with van der Waals surface area (Å²) in [7, 11) is 0. The Morgan fingerprint density at radius 1 is 1.00 bits per heavy atom. The first-order chi connectivity index (χ1) is 16.3. The molecule has 1 aliphatic heterocycles. The van der Waals surface area contributed by atoms with Gasteiger partial charge in [-0.15, -0.1) is 0 Å². The van der Waals surface area contributed by atoms with Gasteiger partial charge in [-0.25, -0.2) is 4.68 Å². The van der Waals surface area contributed by atoms with Crippen molar-refractivity contribution >= 4 is 23.4 Å². The Kier molecular flexibility index (Phi) is 6.77. The van der Waals surface area contributed by atoms with Gasteiger partial charge in [-0.05, 0) is 51.0 Å². The molecule has 1 aromatic heterocycles. The Morgan fingerprint density at radius 3 is 2.32 bits per heavy atom. The Bertz CT molecular complexity index is 1210. The van der Waals surface area contributed by atoms with Gasteiger partial charge in [0.15, 0.2) is 0 Å². The van der Waals surface area contributed by atoms with Crippen LogP contribution in [0.15, 0.2) is 54.6 Å². The lowest BCUT2D eigenvalue weighted by Gasteiger charge is -2.31. The molecule has 34 heavy (non-hydrogen) atoms. The van der Waals surface area contributed by atoms with E-state index in [0.717, 1.165) is 22.6 Å². The first-order valence-electron chi connectivity index (χ1n) is 11.4. The number of nitrogens with one attached hydrogen (secondary N) is 1. The summed E-state index contributed by atoms with van der Waals surface area (Å²) in [6.45, 7) is 4.77. The van der Waals surface area contributed by atoms with E-state index in [0.29, 0.717) is 37.2 Å². The number of nitrogens with zero attached hydrogens (tertiary/aromatic N) is 3. The van der Waals surface area contributed by atoms with Gasteiger partial charge in [-0.3, -0.25) is 14.4 Å². The van der Waals surface area contributed by atoms with Crippen molar-refractivity contribution in [3.8, 4) is 5.69 Å². The fraction of sp³-hybridized carbons (Fsp3) is 0.308. The molecule has 0 bridgehead atoms. The number of primary amides is 1. The lowest BCUT2D eigenvalue weighted by Crippen LogP contribution is -2.42. The zero-order chi connectivity index (χ0) is 24.2. The predicted octanol–water partition coefficient (Wildman–Crippen LogP) is 3.01. The Labute approximate surface area is 198 Å². The van der Waals surface area contributed by atoms with E-state index in [9.17, 15) is 14.4 Å². The van der Waals surface area contributed by atoms with Gasteiger partial charge >= 0.3 is 0 Å². The number of hydrogen-bond donors (Lipinski definition) is 2. The number of likely N-dealkylation sites (tertiary alicyclic amines) is 1. The van der Waals surface area contributed by atoms with Crippen molar-refractivity contribution in [1.82, 2.24) is 14.7 Å². The summed E-state index contributed by atoms with van der Waals surface area (Å²) in [5, 5.41) is 7.52. The number of anilines is 1. The highest BCUT2D eigenvalue weighted by Crippen LogP contribution is 2.23. The number of nitrogens with two attached hydrogens (primary N) is 1. The molecule has 1 fully saturated rings. The second kappa shape index (κ2) is 9.91. The van der Waals surface area contributed by atoms with E-state index in [1.165, 1.54) is 0 Å². The van der Waals surface area contributed by atoms with Crippen molar-refractivity contribution in [3.05, 3.63) is 77.1 Å². The van der Waals surface area contributed by atoms with Crippen LogP contribution in [-0.2, 0) is 16.0 Å². The number of aryl methyl sites for hydroxylation is 1. The molecule has 1 aliphatic rings. The van der Waals surface area contributed by atoms with Crippen LogP contribution >= 0.6 is 0 Å². The van der Waals surface area contributed by atoms with Crippen LogP contribution in [0.4, 0.5) is 5.69 Å². The van der Waals surface area contributed by atoms with Gasteiger partial charge in [0.05, 0.1) is 29.1 Å². The van der Waals surface area contributed by atoms with E-state index in [2.05, 4.69) is 10.4 Å². The summed E-state index contributed by atoms with van der Waals surface area (Å²) in [5.74, 6) is -0.891. The summed E-state index contributed by atoms with van der Waals surface area (Å²) in [5.41, 5.74) is 9.80. The van der Waals surface area contributed by atoms with Gasteiger partial charge in [0.25, 0.3) is 5.91 Å². The molecule has 3 aromatic rings. The molecule has 8 heteroatoms.